The summed E-state index contributed by atoms with van der Waals surface area (Å²) >= 11 is 0. The highest BCUT2D eigenvalue weighted by Gasteiger charge is 2.27. The first kappa shape index (κ1) is 12.6. The molecule has 0 saturated carbocycles. The Hall–Kier alpha value is -0.870. The van der Waals surface area contributed by atoms with Crippen LogP contribution in [0.1, 0.15) is 32.4 Å². The van der Waals surface area contributed by atoms with Gasteiger partial charge in [0.25, 0.3) is 0 Å². The molecule has 0 radical (unpaired) electrons. The molecule has 1 N–H and O–H groups in total. The van der Waals surface area contributed by atoms with Crippen molar-refractivity contribution in [3.63, 3.8) is 0 Å². The van der Waals surface area contributed by atoms with Crippen LogP contribution in [0.25, 0.3) is 0 Å². The summed E-state index contributed by atoms with van der Waals surface area (Å²) in [5, 5.41) is 8.12. The number of aromatic nitrogens is 2. The summed E-state index contributed by atoms with van der Waals surface area (Å²) in [5.74, 6) is 0. The Balaban J connectivity index is 1.99. The predicted molar refractivity (Wildman–Crippen MR) is 69.8 cm³/mol. The fraction of sp³-hybridized carbons (Fsp3) is 0.769. The predicted octanol–water partition coefficient (Wildman–Crippen LogP) is 1.38. The second-order valence-corrected chi connectivity index (χ2v) is 5.39. The van der Waals surface area contributed by atoms with Gasteiger partial charge in [0.1, 0.15) is 0 Å². The Bertz CT molecular complexity index is 360. The quantitative estimate of drug-likeness (QED) is 0.861. The molecule has 0 aromatic carbocycles. The van der Waals surface area contributed by atoms with Gasteiger partial charge in [-0.2, -0.15) is 5.10 Å². The van der Waals surface area contributed by atoms with Crippen molar-refractivity contribution >= 4 is 0 Å². The van der Waals surface area contributed by atoms with E-state index in [1.807, 2.05) is 17.9 Å². The molecule has 17 heavy (non-hydrogen) atoms. The lowest BCUT2D eigenvalue weighted by atomic mass is 9.98. The summed E-state index contributed by atoms with van der Waals surface area (Å²) in [6, 6.07) is 2.11. The fourth-order valence-electron chi connectivity index (χ4n) is 2.47. The summed E-state index contributed by atoms with van der Waals surface area (Å²) in [4.78, 5) is 2.52. The van der Waals surface area contributed by atoms with Crippen molar-refractivity contribution in [2.75, 3.05) is 19.6 Å². The van der Waals surface area contributed by atoms with E-state index in [2.05, 4.69) is 35.2 Å². The first-order valence-electron chi connectivity index (χ1n) is 6.57. The Morgan fingerprint density at radius 3 is 3.00 bits per heavy atom. The number of hydrogen-bond donors (Lipinski definition) is 1. The van der Waals surface area contributed by atoms with Gasteiger partial charge in [-0.05, 0) is 38.9 Å². The average molecular weight is 236 g/mol. The first-order chi connectivity index (χ1) is 8.11. The van der Waals surface area contributed by atoms with Gasteiger partial charge in [0.15, 0.2) is 0 Å². The van der Waals surface area contributed by atoms with Crippen LogP contribution in [-0.4, -0.2) is 39.9 Å². The minimum absolute atomic E-state index is 0.255. The van der Waals surface area contributed by atoms with Crippen LogP contribution in [0.2, 0.25) is 0 Å². The molecule has 4 heteroatoms. The van der Waals surface area contributed by atoms with E-state index in [4.69, 9.17) is 0 Å². The fourth-order valence-corrected chi connectivity index (χ4v) is 2.47. The summed E-state index contributed by atoms with van der Waals surface area (Å²) in [7, 11) is 1.98. The van der Waals surface area contributed by atoms with Crippen LogP contribution in [-0.2, 0) is 13.6 Å². The van der Waals surface area contributed by atoms with Gasteiger partial charge in [0.2, 0.25) is 0 Å². The van der Waals surface area contributed by atoms with Gasteiger partial charge >= 0.3 is 0 Å². The molecular weight excluding hydrogens is 212 g/mol. The normalized spacial score (nSPS) is 27.0. The lowest BCUT2D eigenvalue weighted by Gasteiger charge is -2.32. The first-order valence-corrected chi connectivity index (χ1v) is 6.57. The van der Waals surface area contributed by atoms with Gasteiger partial charge in [-0.1, -0.05) is 6.92 Å². The van der Waals surface area contributed by atoms with E-state index >= 15 is 0 Å². The number of nitrogens with zero attached hydrogens (tertiary/aromatic N) is 3. The van der Waals surface area contributed by atoms with E-state index in [-0.39, 0.29) is 5.54 Å². The molecule has 0 spiro atoms. The Morgan fingerprint density at radius 2 is 2.35 bits per heavy atom. The van der Waals surface area contributed by atoms with Crippen LogP contribution < -0.4 is 5.32 Å². The molecule has 1 fully saturated rings. The number of aryl methyl sites for hydroxylation is 1. The summed E-state index contributed by atoms with van der Waals surface area (Å²) in [5.41, 5.74) is 1.43. The van der Waals surface area contributed by atoms with Crippen molar-refractivity contribution in [3.05, 3.63) is 18.0 Å². The molecule has 1 aliphatic rings. The lowest BCUT2D eigenvalue weighted by Crippen LogP contribution is -2.48. The molecule has 1 unspecified atom stereocenters. The molecule has 0 amide bonds. The minimum atomic E-state index is 0.255. The monoisotopic (exact) mass is 236 g/mol. The summed E-state index contributed by atoms with van der Waals surface area (Å²) in [6.07, 6.45) is 4.42. The number of hydrogen-bond acceptors (Lipinski definition) is 3. The van der Waals surface area contributed by atoms with Crippen LogP contribution >= 0.6 is 0 Å². The third-order valence-corrected chi connectivity index (χ3v) is 3.71. The highest BCUT2D eigenvalue weighted by molar-refractivity contribution is 4.99. The Kier molecular flexibility index (Phi) is 3.84. The van der Waals surface area contributed by atoms with E-state index in [1.54, 1.807) is 0 Å². The minimum Gasteiger partial charge on any atom is -0.310 e. The van der Waals surface area contributed by atoms with E-state index in [0.29, 0.717) is 0 Å². The zero-order valence-corrected chi connectivity index (χ0v) is 11.2. The van der Waals surface area contributed by atoms with E-state index in [9.17, 15) is 0 Å². The highest BCUT2D eigenvalue weighted by atomic mass is 15.3. The molecule has 1 atom stereocenters. The number of nitrogens with one attached hydrogen (secondary N) is 1. The smallest absolute Gasteiger partial charge is 0.0764 e. The molecule has 1 aliphatic heterocycles. The van der Waals surface area contributed by atoms with E-state index in [0.717, 1.165) is 19.6 Å². The molecule has 4 nitrogen and oxygen atoms in total. The summed E-state index contributed by atoms with van der Waals surface area (Å²) in [6.45, 7) is 8.96. The van der Waals surface area contributed by atoms with Crippen molar-refractivity contribution in [2.24, 2.45) is 7.05 Å². The SMILES string of the molecule is CCC1(C)CN(Cc2ccn(C)n2)CCCN1. The van der Waals surface area contributed by atoms with Crippen molar-refractivity contribution in [1.82, 2.24) is 20.0 Å². The zero-order chi connectivity index (χ0) is 12.3. The van der Waals surface area contributed by atoms with Gasteiger partial charge in [-0.15, -0.1) is 0 Å². The van der Waals surface area contributed by atoms with Crippen molar-refractivity contribution < 1.29 is 0 Å². The third kappa shape index (κ3) is 3.30. The summed E-state index contributed by atoms with van der Waals surface area (Å²) < 4.78 is 1.88. The average Bonchev–Trinajstić information content (AvgIpc) is 2.59. The van der Waals surface area contributed by atoms with Gasteiger partial charge in [-0.25, -0.2) is 0 Å². The molecule has 0 bridgehead atoms. The van der Waals surface area contributed by atoms with Crippen molar-refractivity contribution in [1.29, 1.82) is 0 Å². The van der Waals surface area contributed by atoms with E-state index in [1.165, 1.54) is 25.1 Å². The molecule has 0 aliphatic carbocycles. The maximum atomic E-state index is 4.46. The molecular formula is C13H24N4. The Morgan fingerprint density at radius 1 is 1.53 bits per heavy atom. The van der Waals surface area contributed by atoms with Crippen LogP contribution in [0.4, 0.5) is 0 Å². The highest BCUT2D eigenvalue weighted by Crippen LogP contribution is 2.16. The molecule has 1 saturated heterocycles. The lowest BCUT2D eigenvalue weighted by molar-refractivity contribution is 0.206. The Labute approximate surface area is 104 Å². The second-order valence-electron chi connectivity index (χ2n) is 5.39. The molecule has 1 aromatic heterocycles. The number of rotatable bonds is 3. The van der Waals surface area contributed by atoms with Crippen LogP contribution in [0.15, 0.2) is 12.3 Å². The van der Waals surface area contributed by atoms with Crippen molar-refractivity contribution in [2.45, 2.75) is 38.8 Å². The van der Waals surface area contributed by atoms with Gasteiger partial charge in [-0.3, -0.25) is 9.58 Å². The molecule has 2 heterocycles. The van der Waals surface area contributed by atoms with Gasteiger partial charge in [0, 0.05) is 31.9 Å². The van der Waals surface area contributed by atoms with Crippen LogP contribution in [0, 0.1) is 0 Å². The standard InChI is InChI=1S/C13H24N4/c1-4-13(2)11-17(8-5-7-14-13)10-12-6-9-16(3)15-12/h6,9,14H,4-5,7-8,10-11H2,1-3H3. The van der Waals surface area contributed by atoms with Crippen LogP contribution in [0.3, 0.4) is 0 Å². The zero-order valence-electron chi connectivity index (χ0n) is 11.2. The maximum absolute atomic E-state index is 4.46. The maximum Gasteiger partial charge on any atom is 0.0764 e. The van der Waals surface area contributed by atoms with Gasteiger partial charge < -0.3 is 5.32 Å². The molecule has 96 valence electrons. The van der Waals surface area contributed by atoms with E-state index < -0.39 is 0 Å². The topological polar surface area (TPSA) is 33.1 Å². The largest absolute Gasteiger partial charge is 0.310 e. The van der Waals surface area contributed by atoms with Crippen LogP contribution in [0.5, 0.6) is 0 Å². The van der Waals surface area contributed by atoms with Crippen molar-refractivity contribution in [3.8, 4) is 0 Å². The van der Waals surface area contributed by atoms with Gasteiger partial charge in [0.05, 0.1) is 5.69 Å². The molecule has 1 aromatic rings. The second kappa shape index (κ2) is 5.19. The molecule has 2 rings (SSSR count). The third-order valence-electron chi connectivity index (χ3n) is 3.71.